The van der Waals surface area contributed by atoms with E-state index in [0.717, 1.165) is 0 Å². The van der Waals surface area contributed by atoms with E-state index in [2.05, 4.69) is 37.2 Å². The quantitative estimate of drug-likeness (QED) is 0.709. The van der Waals surface area contributed by atoms with Crippen LogP contribution in [-0.2, 0) is 0 Å². The highest BCUT2D eigenvalue weighted by molar-refractivity contribution is 9.10. The smallest absolute Gasteiger partial charge is 0.145 e. The molecule has 2 aromatic carbocycles. The number of rotatable bonds is 3. The Morgan fingerprint density at radius 2 is 1.65 bits per heavy atom. The Hall–Kier alpha value is -0.850. The van der Waals surface area contributed by atoms with Gasteiger partial charge >= 0.3 is 0 Å². The fourth-order valence-corrected chi connectivity index (χ4v) is 2.82. The lowest BCUT2D eigenvalue weighted by atomic mass is 9.97. The summed E-state index contributed by atoms with van der Waals surface area (Å²) in [4.78, 5) is 0. The van der Waals surface area contributed by atoms with Crippen LogP contribution in [0.25, 0.3) is 0 Å². The van der Waals surface area contributed by atoms with E-state index in [1.54, 1.807) is 7.05 Å². The van der Waals surface area contributed by atoms with Gasteiger partial charge in [-0.25, -0.2) is 13.2 Å². The van der Waals surface area contributed by atoms with Gasteiger partial charge in [0.25, 0.3) is 0 Å². The fourth-order valence-electron chi connectivity index (χ4n) is 2.00. The van der Waals surface area contributed by atoms with Crippen LogP contribution in [0.15, 0.2) is 39.3 Å². The summed E-state index contributed by atoms with van der Waals surface area (Å²) >= 11 is 6.30. The van der Waals surface area contributed by atoms with Crippen molar-refractivity contribution in [3.8, 4) is 0 Å². The van der Waals surface area contributed by atoms with Gasteiger partial charge in [0.15, 0.2) is 0 Å². The van der Waals surface area contributed by atoms with Gasteiger partial charge in [-0.15, -0.1) is 0 Å². The Kier molecular flexibility index (Phi) is 4.88. The SMILES string of the molecule is CNC(c1cc(F)ccc1Br)c1c(F)ccc(Br)c1F. The molecule has 0 aromatic heterocycles. The number of nitrogens with one attached hydrogen (secondary N) is 1. The highest BCUT2D eigenvalue weighted by Crippen LogP contribution is 2.34. The van der Waals surface area contributed by atoms with E-state index < -0.39 is 23.5 Å². The monoisotopic (exact) mass is 407 g/mol. The van der Waals surface area contributed by atoms with Crippen LogP contribution in [0.1, 0.15) is 17.2 Å². The Morgan fingerprint density at radius 3 is 2.30 bits per heavy atom. The van der Waals surface area contributed by atoms with E-state index in [0.29, 0.717) is 10.0 Å². The zero-order chi connectivity index (χ0) is 14.9. The third kappa shape index (κ3) is 2.92. The number of benzene rings is 2. The zero-order valence-corrected chi connectivity index (χ0v) is 13.5. The van der Waals surface area contributed by atoms with Gasteiger partial charge < -0.3 is 5.32 Å². The summed E-state index contributed by atoms with van der Waals surface area (Å²) in [5, 5.41) is 2.81. The molecule has 2 aromatic rings. The van der Waals surface area contributed by atoms with Crippen LogP contribution < -0.4 is 5.32 Å². The first kappa shape index (κ1) is 15.5. The summed E-state index contributed by atoms with van der Waals surface area (Å²) in [5.74, 6) is -1.87. The first-order valence-electron chi connectivity index (χ1n) is 5.71. The second kappa shape index (κ2) is 6.28. The predicted octanol–water partition coefficient (Wildman–Crippen LogP) is 4.94. The third-order valence-corrected chi connectivity index (χ3v) is 4.26. The van der Waals surface area contributed by atoms with Gasteiger partial charge in [-0.3, -0.25) is 0 Å². The first-order chi connectivity index (χ1) is 9.45. The molecule has 0 aliphatic rings. The lowest BCUT2D eigenvalue weighted by molar-refractivity contribution is 0.516. The Balaban J connectivity index is 2.64. The molecule has 1 nitrogen and oxygen atoms in total. The first-order valence-corrected chi connectivity index (χ1v) is 7.30. The molecule has 2 rings (SSSR count). The number of halogens is 5. The van der Waals surface area contributed by atoms with Crippen molar-refractivity contribution in [1.29, 1.82) is 0 Å². The second-order valence-electron chi connectivity index (χ2n) is 4.14. The van der Waals surface area contributed by atoms with E-state index in [1.165, 1.54) is 30.3 Å². The van der Waals surface area contributed by atoms with E-state index in [4.69, 9.17) is 0 Å². The average molecular weight is 409 g/mol. The minimum atomic E-state index is -0.808. The van der Waals surface area contributed by atoms with Gasteiger partial charge in [-0.1, -0.05) is 15.9 Å². The Bertz CT molecular complexity index is 647. The van der Waals surface area contributed by atoms with Gasteiger partial charge in [0.05, 0.1) is 10.5 Å². The summed E-state index contributed by atoms with van der Waals surface area (Å²) in [6, 6.07) is 5.67. The standard InChI is InChI=1S/C14H10Br2F3N/c1-20-14(8-6-7(17)2-3-9(8)15)12-11(18)5-4-10(16)13(12)19/h2-6,14,20H,1H3. The molecule has 0 fully saturated rings. The molecule has 0 aliphatic carbocycles. The van der Waals surface area contributed by atoms with Crippen molar-refractivity contribution in [3.63, 3.8) is 0 Å². The molecule has 1 N–H and O–H groups in total. The van der Waals surface area contributed by atoms with Crippen molar-refractivity contribution < 1.29 is 13.2 Å². The van der Waals surface area contributed by atoms with E-state index >= 15 is 0 Å². The van der Waals surface area contributed by atoms with Crippen LogP contribution in [0, 0.1) is 17.5 Å². The molecule has 1 unspecified atom stereocenters. The van der Waals surface area contributed by atoms with Crippen LogP contribution in [0.5, 0.6) is 0 Å². The lowest BCUT2D eigenvalue weighted by Crippen LogP contribution is -2.21. The summed E-state index contributed by atoms with van der Waals surface area (Å²) < 4.78 is 42.3. The molecular weight excluding hydrogens is 399 g/mol. The Labute approximate surface area is 131 Å². The van der Waals surface area contributed by atoms with Crippen molar-refractivity contribution in [2.45, 2.75) is 6.04 Å². The van der Waals surface area contributed by atoms with Gasteiger partial charge in [0, 0.05) is 10.0 Å². The maximum Gasteiger partial charge on any atom is 0.145 e. The summed E-state index contributed by atoms with van der Waals surface area (Å²) in [7, 11) is 1.56. The highest BCUT2D eigenvalue weighted by atomic mass is 79.9. The molecule has 0 saturated heterocycles. The van der Waals surface area contributed by atoms with Gasteiger partial charge in [-0.2, -0.15) is 0 Å². The summed E-state index contributed by atoms with van der Waals surface area (Å²) in [5.41, 5.74) is 0.261. The van der Waals surface area contributed by atoms with Crippen LogP contribution >= 0.6 is 31.9 Å². The molecule has 0 aliphatic heterocycles. The summed E-state index contributed by atoms with van der Waals surface area (Å²) in [6.07, 6.45) is 0. The van der Waals surface area contributed by atoms with Crippen LogP contribution in [-0.4, -0.2) is 7.05 Å². The minimum Gasteiger partial charge on any atom is -0.309 e. The predicted molar refractivity (Wildman–Crippen MR) is 79.1 cm³/mol. The Morgan fingerprint density at radius 1 is 1.00 bits per heavy atom. The van der Waals surface area contributed by atoms with Crippen LogP contribution in [0.3, 0.4) is 0 Å². The maximum absolute atomic E-state index is 14.2. The highest BCUT2D eigenvalue weighted by Gasteiger charge is 2.24. The molecule has 0 radical (unpaired) electrons. The van der Waals surface area contributed by atoms with E-state index in [9.17, 15) is 13.2 Å². The molecule has 20 heavy (non-hydrogen) atoms. The molecular formula is C14H10Br2F3N. The lowest BCUT2D eigenvalue weighted by Gasteiger charge is -2.20. The molecule has 6 heteroatoms. The van der Waals surface area contributed by atoms with Crippen molar-refractivity contribution in [2.75, 3.05) is 7.05 Å². The third-order valence-electron chi connectivity index (χ3n) is 2.93. The average Bonchev–Trinajstić information content (AvgIpc) is 2.42. The van der Waals surface area contributed by atoms with Crippen molar-refractivity contribution in [3.05, 3.63) is 67.9 Å². The minimum absolute atomic E-state index is 0.154. The van der Waals surface area contributed by atoms with Gasteiger partial charge in [-0.05, 0) is 58.9 Å². The molecule has 1 atom stereocenters. The number of hydrogen-bond acceptors (Lipinski definition) is 1. The topological polar surface area (TPSA) is 12.0 Å². The molecule has 0 bridgehead atoms. The van der Waals surface area contributed by atoms with Crippen molar-refractivity contribution >= 4 is 31.9 Å². The largest absolute Gasteiger partial charge is 0.309 e. The van der Waals surface area contributed by atoms with E-state index in [1.807, 2.05) is 0 Å². The summed E-state index contributed by atoms with van der Waals surface area (Å²) in [6.45, 7) is 0. The van der Waals surface area contributed by atoms with Crippen LogP contribution in [0.4, 0.5) is 13.2 Å². The van der Waals surface area contributed by atoms with Gasteiger partial charge in [0.1, 0.15) is 17.5 Å². The molecule has 0 heterocycles. The molecule has 0 spiro atoms. The van der Waals surface area contributed by atoms with Gasteiger partial charge in [0.2, 0.25) is 0 Å². The number of hydrogen-bond donors (Lipinski definition) is 1. The van der Waals surface area contributed by atoms with E-state index in [-0.39, 0.29) is 10.0 Å². The van der Waals surface area contributed by atoms with Crippen molar-refractivity contribution in [2.24, 2.45) is 0 Å². The fraction of sp³-hybridized carbons (Fsp3) is 0.143. The van der Waals surface area contributed by atoms with Crippen molar-refractivity contribution in [1.82, 2.24) is 5.32 Å². The normalized spacial score (nSPS) is 12.5. The maximum atomic E-state index is 14.2. The second-order valence-corrected chi connectivity index (χ2v) is 5.85. The van der Waals surface area contributed by atoms with Crippen LogP contribution in [0.2, 0.25) is 0 Å². The molecule has 0 amide bonds. The zero-order valence-electron chi connectivity index (χ0n) is 10.4. The molecule has 106 valence electrons. The molecule has 0 saturated carbocycles.